The maximum absolute atomic E-state index is 9.40. The maximum Gasteiger partial charge on any atom is 0.219 e. The summed E-state index contributed by atoms with van der Waals surface area (Å²) in [6, 6.07) is 3.41. The fraction of sp³-hybridized carbons (Fsp3) is 0.182. The minimum Gasteiger partial charge on any atom is -0.508 e. The number of anilines is 2. The average Bonchev–Trinajstić information content (AvgIpc) is 2.68. The molecule has 2 aromatic rings. The highest BCUT2D eigenvalue weighted by Gasteiger charge is 2.04. The lowest BCUT2D eigenvalue weighted by Gasteiger charge is -2.13. The molecule has 0 aliphatic rings. The molecule has 0 aliphatic carbocycles. The number of imidazole rings is 1. The molecule has 0 saturated heterocycles. The van der Waals surface area contributed by atoms with Crippen LogP contribution in [0, 0.1) is 13.8 Å². The van der Waals surface area contributed by atoms with Crippen LogP contribution < -0.4 is 10.9 Å². The second kappa shape index (κ2) is 4.14. The van der Waals surface area contributed by atoms with Crippen molar-refractivity contribution in [1.82, 2.24) is 9.97 Å². The van der Waals surface area contributed by atoms with Crippen LogP contribution in [-0.2, 0) is 0 Å². The van der Waals surface area contributed by atoms with Gasteiger partial charge in [-0.2, -0.15) is 0 Å². The van der Waals surface area contributed by atoms with Crippen LogP contribution in [0.3, 0.4) is 0 Å². The number of phenolic OH excluding ortho intramolecular Hbond substituents is 1. The highest BCUT2D eigenvalue weighted by atomic mass is 16.3. The van der Waals surface area contributed by atoms with Crippen molar-refractivity contribution >= 4 is 11.6 Å². The fourth-order valence-electron chi connectivity index (χ4n) is 1.59. The van der Waals surface area contributed by atoms with Crippen molar-refractivity contribution in [2.24, 2.45) is 0 Å². The van der Waals surface area contributed by atoms with Gasteiger partial charge in [-0.3, -0.25) is 10.9 Å². The van der Waals surface area contributed by atoms with Crippen LogP contribution >= 0.6 is 0 Å². The first kappa shape index (κ1) is 10.4. The molecule has 4 N–H and O–H groups in total. The number of aromatic nitrogens is 2. The molecule has 16 heavy (non-hydrogen) atoms. The number of hydrogen-bond donors (Lipinski definition) is 4. The van der Waals surface area contributed by atoms with Gasteiger partial charge in [0.25, 0.3) is 0 Å². The van der Waals surface area contributed by atoms with Crippen molar-refractivity contribution in [2.45, 2.75) is 13.8 Å². The van der Waals surface area contributed by atoms with Gasteiger partial charge in [-0.15, -0.1) is 0 Å². The second-order valence-corrected chi connectivity index (χ2v) is 3.64. The van der Waals surface area contributed by atoms with E-state index < -0.39 is 0 Å². The van der Waals surface area contributed by atoms with E-state index in [1.54, 1.807) is 24.5 Å². The van der Waals surface area contributed by atoms with Gasteiger partial charge >= 0.3 is 0 Å². The zero-order valence-corrected chi connectivity index (χ0v) is 9.20. The molecule has 0 bridgehead atoms. The highest BCUT2D eigenvalue weighted by Crippen LogP contribution is 2.25. The van der Waals surface area contributed by atoms with E-state index in [4.69, 9.17) is 0 Å². The number of phenols is 1. The molecule has 1 aromatic heterocycles. The summed E-state index contributed by atoms with van der Waals surface area (Å²) in [4.78, 5) is 6.95. The number of hydrogen-bond acceptors (Lipinski definition) is 4. The van der Waals surface area contributed by atoms with Gasteiger partial charge in [0.05, 0.1) is 5.69 Å². The van der Waals surface area contributed by atoms with Crippen molar-refractivity contribution in [3.05, 3.63) is 35.7 Å². The van der Waals surface area contributed by atoms with Crippen LogP contribution in [-0.4, -0.2) is 15.1 Å². The summed E-state index contributed by atoms with van der Waals surface area (Å²) in [5.41, 5.74) is 8.88. The summed E-state index contributed by atoms with van der Waals surface area (Å²) in [6.45, 7) is 3.86. The summed E-state index contributed by atoms with van der Waals surface area (Å²) in [7, 11) is 0. The molecule has 84 valence electrons. The molecule has 0 saturated carbocycles. The van der Waals surface area contributed by atoms with E-state index in [9.17, 15) is 5.11 Å². The lowest BCUT2D eigenvalue weighted by Crippen LogP contribution is -2.12. The maximum atomic E-state index is 9.40. The summed E-state index contributed by atoms with van der Waals surface area (Å²) >= 11 is 0. The first-order valence-electron chi connectivity index (χ1n) is 4.98. The van der Waals surface area contributed by atoms with Gasteiger partial charge in [-0.1, -0.05) is 0 Å². The van der Waals surface area contributed by atoms with Crippen LogP contribution in [0.4, 0.5) is 11.6 Å². The Bertz CT molecular complexity index is 456. The van der Waals surface area contributed by atoms with Crippen molar-refractivity contribution in [3.63, 3.8) is 0 Å². The molecule has 0 fully saturated rings. The quantitative estimate of drug-likeness (QED) is 0.470. The molecular formula is C11H14N4O. The van der Waals surface area contributed by atoms with Crippen LogP contribution in [0.1, 0.15) is 11.1 Å². The molecular weight excluding hydrogens is 204 g/mol. The SMILES string of the molecule is Cc1cc(O)cc(C)c1NNc1ncc[nH]1. The van der Waals surface area contributed by atoms with Crippen molar-refractivity contribution in [2.75, 3.05) is 10.9 Å². The smallest absolute Gasteiger partial charge is 0.219 e. The van der Waals surface area contributed by atoms with Gasteiger partial charge in [-0.25, -0.2) is 4.98 Å². The molecule has 0 amide bonds. The number of hydrazine groups is 1. The van der Waals surface area contributed by atoms with Crippen molar-refractivity contribution in [1.29, 1.82) is 0 Å². The van der Waals surface area contributed by atoms with Gasteiger partial charge in [0.2, 0.25) is 5.95 Å². The van der Waals surface area contributed by atoms with E-state index in [0.29, 0.717) is 5.95 Å². The molecule has 1 aromatic carbocycles. The van der Waals surface area contributed by atoms with Gasteiger partial charge in [-0.05, 0) is 37.1 Å². The van der Waals surface area contributed by atoms with Gasteiger partial charge < -0.3 is 10.1 Å². The molecule has 1 heterocycles. The number of rotatable bonds is 3. The molecule has 2 rings (SSSR count). The minimum atomic E-state index is 0.276. The topological polar surface area (TPSA) is 73.0 Å². The molecule has 0 unspecified atom stereocenters. The Labute approximate surface area is 93.5 Å². The average molecular weight is 218 g/mol. The van der Waals surface area contributed by atoms with Gasteiger partial charge in [0.15, 0.2) is 0 Å². The zero-order valence-electron chi connectivity index (χ0n) is 9.20. The summed E-state index contributed by atoms with van der Waals surface area (Å²) in [5.74, 6) is 0.922. The van der Waals surface area contributed by atoms with Crippen LogP contribution in [0.25, 0.3) is 0 Å². The largest absolute Gasteiger partial charge is 0.508 e. The molecule has 5 heteroatoms. The number of aromatic amines is 1. The van der Waals surface area contributed by atoms with Crippen molar-refractivity contribution in [3.8, 4) is 5.75 Å². The number of aryl methyl sites for hydroxylation is 2. The van der Waals surface area contributed by atoms with E-state index in [2.05, 4.69) is 20.8 Å². The first-order chi connectivity index (χ1) is 7.66. The third-order valence-corrected chi connectivity index (χ3v) is 2.32. The molecule has 0 radical (unpaired) electrons. The highest BCUT2D eigenvalue weighted by molar-refractivity contribution is 5.61. The summed E-state index contributed by atoms with van der Waals surface area (Å²) < 4.78 is 0. The Morgan fingerprint density at radius 1 is 1.19 bits per heavy atom. The third kappa shape index (κ3) is 2.08. The predicted molar refractivity (Wildman–Crippen MR) is 63.4 cm³/mol. The first-order valence-corrected chi connectivity index (χ1v) is 4.98. The van der Waals surface area contributed by atoms with Crippen LogP contribution in [0.2, 0.25) is 0 Å². The zero-order chi connectivity index (χ0) is 11.5. The van der Waals surface area contributed by atoms with E-state index >= 15 is 0 Å². The summed E-state index contributed by atoms with van der Waals surface area (Å²) in [5, 5.41) is 9.40. The third-order valence-electron chi connectivity index (χ3n) is 2.32. The molecule has 0 aliphatic heterocycles. The predicted octanol–water partition coefficient (Wildman–Crippen LogP) is 2.17. The van der Waals surface area contributed by atoms with Gasteiger partial charge in [0, 0.05) is 12.4 Å². The van der Waals surface area contributed by atoms with E-state index in [-0.39, 0.29) is 5.75 Å². The fourth-order valence-corrected chi connectivity index (χ4v) is 1.59. The minimum absolute atomic E-state index is 0.276. The number of benzene rings is 1. The van der Waals surface area contributed by atoms with Crippen LogP contribution in [0.5, 0.6) is 5.75 Å². The number of aromatic hydroxyl groups is 1. The van der Waals surface area contributed by atoms with E-state index in [1.165, 1.54) is 0 Å². The Morgan fingerprint density at radius 2 is 1.88 bits per heavy atom. The Balaban J connectivity index is 2.15. The van der Waals surface area contributed by atoms with Crippen molar-refractivity contribution < 1.29 is 5.11 Å². The molecule has 5 nitrogen and oxygen atoms in total. The normalized spacial score (nSPS) is 10.1. The standard InChI is InChI=1S/C11H14N4O/c1-7-5-9(16)6-8(2)10(7)14-15-11-12-3-4-13-11/h3-6,14,16H,1-2H3,(H2,12,13,15). The second-order valence-electron chi connectivity index (χ2n) is 3.64. The number of nitrogens with one attached hydrogen (secondary N) is 3. The lowest BCUT2D eigenvalue weighted by molar-refractivity contribution is 0.474. The summed E-state index contributed by atoms with van der Waals surface area (Å²) in [6.07, 6.45) is 3.40. The number of nitrogens with zero attached hydrogens (tertiary/aromatic N) is 1. The van der Waals surface area contributed by atoms with E-state index in [0.717, 1.165) is 16.8 Å². The lowest BCUT2D eigenvalue weighted by atomic mass is 10.1. The molecule has 0 atom stereocenters. The Hall–Kier alpha value is -2.17. The monoisotopic (exact) mass is 218 g/mol. The Morgan fingerprint density at radius 3 is 2.44 bits per heavy atom. The number of H-pyrrole nitrogens is 1. The van der Waals surface area contributed by atoms with Gasteiger partial charge in [0.1, 0.15) is 5.75 Å². The van der Waals surface area contributed by atoms with E-state index in [1.807, 2.05) is 13.8 Å². The van der Waals surface area contributed by atoms with Crippen LogP contribution in [0.15, 0.2) is 24.5 Å². The Kier molecular flexibility index (Phi) is 2.68. The molecule has 0 spiro atoms.